The number of carbonyl (C=O) groups excluding carboxylic acids is 1. The molecule has 0 heterocycles. The summed E-state index contributed by atoms with van der Waals surface area (Å²) in [5.74, 6) is 0.516. The molecule has 1 aromatic carbocycles. The molecule has 0 saturated heterocycles. The Morgan fingerprint density at radius 3 is 2.18 bits per heavy atom. The first-order valence-electron chi connectivity index (χ1n) is 7.48. The van der Waals surface area contributed by atoms with Crippen LogP contribution < -0.4 is 20.1 Å². The van der Waals surface area contributed by atoms with Gasteiger partial charge < -0.3 is 20.1 Å². The molecule has 1 saturated carbocycles. The van der Waals surface area contributed by atoms with Crippen LogP contribution in [0.1, 0.15) is 32.6 Å². The minimum Gasteiger partial charge on any atom is -0.493 e. The van der Waals surface area contributed by atoms with Gasteiger partial charge >= 0.3 is 0 Å². The Bertz CT molecular complexity index is 528. The summed E-state index contributed by atoms with van der Waals surface area (Å²) in [6.07, 6.45) is 3.57. The summed E-state index contributed by atoms with van der Waals surface area (Å²) in [7, 11) is 3.01. The van der Waals surface area contributed by atoms with E-state index in [9.17, 15) is 9.18 Å². The van der Waals surface area contributed by atoms with Crippen molar-refractivity contribution in [2.45, 2.75) is 44.7 Å². The highest BCUT2D eigenvalue weighted by atomic mass is 19.1. The van der Waals surface area contributed by atoms with Crippen LogP contribution in [-0.2, 0) is 4.79 Å². The maximum absolute atomic E-state index is 14.1. The van der Waals surface area contributed by atoms with Crippen molar-refractivity contribution in [3.05, 3.63) is 17.9 Å². The lowest BCUT2D eigenvalue weighted by Gasteiger charge is -2.30. The summed E-state index contributed by atoms with van der Waals surface area (Å²) in [5, 5.41) is 6.16. The SMILES string of the molecule is COc1cc(F)c(NC2CCC(NC(C)=O)CC2)cc1OC. The van der Waals surface area contributed by atoms with Gasteiger partial charge in [-0.3, -0.25) is 4.79 Å². The van der Waals surface area contributed by atoms with Gasteiger partial charge in [-0.25, -0.2) is 4.39 Å². The van der Waals surface area contributed by atoms with Crippen molar-refractivity contribution in [1.82, 2.24) is 5.32 Å². The first kappa shape index (κ1) is 16.4. The number of amides is 1. The van der Waals surface area contributed by atoms with Crippen LogP contribution in [0.5, 0.6) is 11.5 Å². The van der Waals surface area contributed by atoms with E-state index in [0.29, 0.717) is 17.2 Å². The zero-order chi connectivity index (χ0) is 16.1. The molecule has 1 fully saturated rings. The molecule has 0 unspecified atom stereocenters. The highest BCUT2D eigenvalue weighted by Crippen LogP contribution is 2.33. The molecular weight excluding hydrogens is 287 g/mol. The second kappa shape index (κ2) is 7.33. The largest absolute Gasteiger partial charge is 0.493 e. The Morgan fingerprint density at radius 2 is 1.64 bits per heavy atom. The van der Waals surface area contributed by atoms with Crippen LogP contribution in [0.4, 0.5) is 10.1 Å². The Labute approximate surface area is 130 Å². The molecule has 5 nitrogen and oxygen atoms in total. The summed E-state index contributed by atoms with van der Waals surface area (Å²) in [6.45, 7) is 1.53. The third-order valence-electron chi connectivity index (χ3n) is 3.97. The van der Waals surface area contributed by atoms with E-state index in [1.54, 1.807) is 6.07 Å². The van der Waals surface area contributed by atoms with Crippen LogP contribution in [0, 0.1) is 5.82 Å². The number of hydrogen-bond donors (Lipinski definition) is 2. The summed E-state index contributed by atoms with van der Waals surface area (Å²) >= 11 is 0. The van der Waals surface area contributed by atoms with Crippen LogP contribution in [0.15, 0.2) is 12.1 Å². The summed E-state index contributed by atoms with van der Waals surface area (Å²) < 4.78 is 24.4. The first-order chi connectivity index (χ1) is 10.5. The lowest BCUT2D eigenvalue weighted by Crippen LogP contribution is -2.39. The second-order valence-corrected chi connectivity index (χ2v) is 5.58. The molecule has 0 bridgehead atoms. The minimum atomic E-state index is -0.360. The molecule has 0 atom stereocenters. The average Bonchev–Trinajstić information content (AvgIpc) is 2.50. The van der Waals surface area contributed by atoms with Crippen LogP contribution in [0.2, 0.25) is 0 Å². The van der Waals surface area contributed by atoms with Crippen molar-refractivity contribution in [2.24, 2.45) is 0 Å². The molecule has 122 valence electrons. The van der Waals surface area contributed by atoms with Crippen LogP contribution in [0.25, 0.3) is 0 Å². The van der Waals surface area contributed by atoms with E-state index < -0.39 is 0 Å². The van der Waals surface area contributed by atoms with Crippen LogP contribution >= 0.6 is 0 Å². The fraction of sp³-hybridized carbons (Fsp3) is 0.562. The van der Waals surface area contributed by atoms with Gasteiger partial charge in [0.1, 0.15) is 5.82 Å². The predicted molar refractivity (Wildman–Crippen MR) is 83.0 cm³/mol. The van der Waals surface area contributed by atoms with Gasteiger partial charge in [-0.05, 0) is 25.7 Å². The zero-order valence-corrected chi connectivity index (χ0v) is 13.2. The number of methoxy groups -OCH3 is 2. The van der Waals surface area contributed by atoms with E-state index in [1.165, 1.54) is 27.2 Å². The van der Waals surface area contributed by atoms with Crippen molar-refractivity contribution >= 4 is 11.6 Å². The lowest BCUT2D eigenvalue weighted by molar-refractivity contribution is -0.119. The van der Waals surface area contributed by atoms with Crippen molar-refractivity contribution in [3.63, 3.8) is 0 Å². The van der Waals surface area contributed by atoms with Crippen LogP contribution in [0.3, 0.4) is 0 Å². The van der Waals surface area contributed by atoms with Gasteiger partial charge in [0, 0.05) is 31.1 Å². The van der Waals surface area contributed by atoms with E-state index in [-0.39, 0.29) is 23.8 Å². The molecule has 0 spiro atoms. The molecule has 2 rings (SSSR count). The van der Waals surface area contributed by atoms with Gasteiger partial charge in [0.05, 0.1) is 19.9 Å². The van der Waals surface area contributed by atoms with Gasteiger partial charge in [-0.1, -0.05) is 0 Å². The number of carbonyl (C=O) groups is 1. The second-order valence-electron chi connectivity index (χ2n) is 5.58. The topological polar surface area (TPSA) is 59.6 Å². The third kappa shape index (κ3) is 4.02. The standard InChI is InChI=1S/C16H23FN2O3/c1-10(20)18-11-4-6-12(7-5-11)19-14-9-16(22-3)15(21-2)8-13(14)17/h8-9,11-12,19H,4-7H2,1-3H3,(H,18,20). The number of rotatable bonds is 5. The van der Waals surface area contributed by atoms with E-state index >= 15 is 0 Å². The molecule has 0 radical (unpaired) electrons. The number of benzene rings is 1. The predicted octanol–water partition coefficient (Wildman–Crippen LogP) is 2.70. The van der Waals surface area contributed by atoms with E-state index in [2.05, 4.69) is 10.6 Å². The number of nitrogens with one attached hydrogen (secondary N) is 2. The molecule has 0 aliphatic heterocycles. The van der Waals surface area contributed by atoms with Crippen molar-refractivity contribution in [3.8, 4) is 11.5 Å². The molecule has 2 N–H and O–H groups in total. The smallest absolute Gasteiger partial charge is 0.217 e. The summed E-state index contributed by atoms with van der Waals surface area (Å²) in [5.41, 5.74) is 0.417. The fourth-order valence-electron chi connectivity index (χ4n) is 2.85. The number of ether oxygens (including phenoxy) is 2. The lowest BCUT2D eigenvalue weighted by atomic mass is 9.91. The monoisotopic (exact) mass is 310 g/mol. The normalized spacial score (nSPS) is 21.1. The van der Waals surface area contributed by atoms with E-state index in [1.807, 2.05) is 0 Å². The average molecular weight is 310 g/mol. The first-order valence-corrected chi connectivity index (χ1v) is 7.48. The molecule has 1 amide bonds. The summed E-state index contributed by atoms with van der Waals surface area (Å²) in [4.78, 5) is 11.1. The van der Waals surface area contributed by atoms with Gasteiger partial charge in [0.15, 0.2) is 11.5 Å². The van der Waals surface area contributed by atoms with Crippen molar-refractivity contribution < 1.29 is 18.7 Å². The Hall–Kier alpha value is -1.98. The number of anilines is 1. The van der Waals surface area contributed by atoms with Gasteiger partial charge in [-0.15, -0.1) is 0 Å². The quantitative estimate of drug-likeness (QED) is 0.878. The highest BCUT2D eigenvalue weighted by Gasteiger charge is 2.22. The molecule has 1 aliphatic carbocycles. The number of hydrogen-bond acceptors (Lipinski definition) is 4. The fourth-order valence-corrected chi connectivity index (χ4v) is 2.85. The minimum absolute atomic E-state index is 0.00217. The zero-order valence-electron chi connectivity index (χ0n) is 13.2. The van der Waals surface area contributed by atoms with Crippen molar-refractivity contribution in [2.75, 3.05) is 19.5 Å². The van der Waals surface area contributed by atoms with Gasteiger partial charge in [0.25, 0.3) is 0 Å². The highest BCUT2D eigenvalue weighted by molar-refractivity contribution is 5.73. The maximum atomic E-state index is 14.1. The molecule has 0 aromatic heterocycles. The van der Waals surface area contributed by atoms with Crippen molar-refractivity contribution in [1.29, 1.82) is 0 Å². The Kier molecular flexibility index (Phi) is 5.46. The van der Waals surface area contributed by atoms with Crippen LogP contribution in [-0.4, -0.2) is 32.2 Å². The van der Waals surface area contributed by atoms with E-state index in [0.717, 1.165) is 25.7 Å². The summed E-state index contributed by atoms with van der Waals surface area (Å²) in [6, 6.07) is 3.36. The van der Waals surface area contributed by atoms with E-state index in [4.69, 9.17) is 9.47 Å². The third-order valence-corrected chi connectivity index (χ3v) is 3.97. The molecule has 1 aliphatic rings. The maximum Gasteiger partial charge on any atom is 0.217 e. The number of halogens is 1. The molecule has 22 heavy (non-hydrogen) atoms. The van der Waals surface area contributed by atoms with Gasteiger partial charge in [0.2, 0.25) is 5.91 Å². The molecule has 1 aromatic rings. The molecule has 6 heteroatoms. The molecular formula is C16H23FN2O3. The van der Waals surface area contributed by atoms with Gasteiger partial charge in [-0.2, -0.15) is 0 Å². The Morgan fingerprint density at radius 1 is 1.09 bits per heavy atom. The Balaban J connectivity index is 1.98.